The number of carboxylic acids is 1. The third kappa shape index (κ3) is 2.50. The lowest BCUT2D eigenvalue weighted by molar-refractivity contribution is -0.141. The Kier molecular flexibility index (Phi) is 3.99. The number of hydrogen-bond donors (Lipinski definition) is 1. The molecule has 1 aliphatic heterocycles. The van der Waals surface area contributed by atoms with E-state index in [4.69, 9.17) is 22.0 Å². The van der Waals surface area contributed by atoms with Crippen molar-refractivity contribution in [3.63, 3.8) is 0 Å². The van der Waals surface area contributed by atoms with Crippen molar-refractivity contribution in [1.82, 2.24) is 4.31 Å². The molecule has 0 aromatic heterocycles. The average Bonchev–Trinajstić information content (AvgIpc) is 2.88. The van der Waals surface area contributed by atoms with Crippen molar-refractivity contribution in [1.29, 1.82) is 5.26 Å². The maximum Gasteiger partial charge on any atom is 0.307 e. The summed E-state index contributed by atoms with van der Waals surface area (Å²) in [4.78, 5) is 10.7. The normalized spacial score (nSPS) is 19.7. The summed E-state index contributed by atoms with van der Waals surface area (Å²) in [5.74, 6) is -1.73. The Morgan fingerprint density at radius 1 is 1.50 bits per heavy atom. The van der Waals surface area contributed by atoms with Gasteiger partial charge in [-0.15, -0.1) is 0 Å². The molecule has 1 aromatic rings. The maximum absolute atomic E-state index is 12.5. The Bertz CT molecular complexity index is 696. The largest absolute Gasteiger partial charge is 0.481 e. The van der Waals surface area contributed by atoms with Gasteiger partial charge in [0.05, 0.1) is 16.5 Å². The lowest BCUT2D eigenvalue weighted by atomic mass is 10.1. The van der Waals surface area contributed by atoms with Gasteiger partial charge in [0, 0.05) is 13.1 Å². The second kappa shape index (κ2) is 5.40. The molecular weight excluding hydrogens is 304 g/mol. The summed E-state index contributed by atoms with van der Waals surface area (Å²) >= 11 is 5.82. The number of halogens is 1. The van der Waals surface area contributed by atoms with Gasteiger partial charge in [0.1, 0.15) is 11.0 Å². The predicted octanol–water partition coefficient (Wildman–Crippen LogP) is 1.31. The minimum absolute atomic E-state index is 0.0579. The number of carboxylic acid groups (broad SMARTS) is 1. The molecule has 0 aliphatic carbocycles. The average molecular weight is 315 g/mol. The Morgan fingerprint density at radius 3 is 2.75 bits per heavy atom. The molecule has 1 aromatic carbocycles. The third-order valence-corrected chi connectivity index (χ3v) is 5.43. The van der Waals surface area contributed by atoms with E-state index >= 15 is 0 Å². The van der Waals surface area contributed by atoms with Crippen LogP contribution in [0.5, 0.6) is 0 Å². The summed E-state index contributed by atoms with van der Waals surface area (Å²) < 4.78 is 26.0. The number of aliphatic carboxylic acids is 1. The second-order valence-electron chi connectivity index (χ2n) is 4.41. The monoisotopic (exact) mass is 314 g/mol. The summed E-state index contributed by atoms with van der Waals surface area (Å²) in [6, 6.07) is 5.95. The molecule has 0 spiro atoms. The topological polar surface area (TPSA) is 98.5 Å². The van der Waals surface area contributed by atoms with E-state index in [-0.39, 0.29) is 35.0 Å². The number of rotatable bonds is 3. The minimum Gasteiger partial charge on any atom is -0.481 e. The summed E-state index contributed by atoms with van der Waals surface area (Å²) in [7, 11) is -3.91. The fourth-order valence-electron chi connectivity index (χ4n) is 2.11. The highest BCUT2D eigenvalue weighted by Crippen LogP contribution is 2.29. The zero-order valence-electron chi connectivity index (χ0n) is 10.3. The summed E-state index contributed by atoms with van der Waals surface area (Å²) in [6.45, 7) is 0.0335. The fourth-order valence-corrected chi connectivity index (χ4v) is 4.05. The molecule has 1 aliphatic rings. The Labute approximate surface area is 121 Å². The number of hydrogen-bond acceptors (Lipinski definition) is 4. The second-order valence-corrected chi connectivity index (χ2v) is 6.73. The molecule has 0 bridgehead atoms. The molecule has 0 radical (unpaired) electrons. The quantitative estimate of drug-likeness (QED) is 0.906. The van der Waals surface area contributed by atoms with Crippen LogP contribution in [0.3, 0.4) is 0 Å². The smallest absolute Gasteiger partial charge is 0.307 e. The van der Waals surface area contributed by atoms with Crippen LogP contribution in [0.1, 0.15) is 12.0 Å². The highest BCUT2D eigenvalue weighted by molar-refractivity contribution is 7.89. The van der Waals surface area contributed by atoms with E-state index < -0.39 is 21.9 Å². The Balaban J connectivity index is 2.41. The molecule has 1 N–H and O–H groups in total. The van der Waals surface area contributed by atoms with E-state index in [0.29, 0.717) is 0 Å². The molecule has 20 heavy (non-hydrogen) atoms. The van der Waals surface area contributed by atoms with Gasteiger partial charge < -0.3 is 5.11 Å². The van der Waals surface area contributed by atoms with Crippen molar-refractivity contribution in [2.24, 2.45) is 5.92 Å². The third-order valence-electron chi connectivity index (χ3n) is 3.21. The lowest BCUT2D eigenvalue weighted by Crippen LogP contribution is -2.30. The van der Waals surface area contributed by atoms with Crippen LogP contribution in [0.25, 0.3) is 0 Å². The molecule has 8 heteroatoms. The molecule has 106 valence electrons. The molecule has 2 rings (SSSR count). The molecule has 1 heterocycles. The maximum atomic E-state index is 12.5. The van der Waals surface area contributed by atoms with Gasteiger partial charge in [-0.1, -0.05) is 17.7 Å². The molecule has 0 saturated carbocycles. The molecule has 1 saturated heterocycles. The molecule has 1 atom stereocenters. The van der Waals surface area contributed by atoms with E-state index in [1.165, 1.54) is 18.2 Å². The van der Waals surface area contributed by atoms with Crippen molar-refractivity contribution in [3.05, 3.63) is 28.8 Å². The summed E-state index contributed by atoms with van der Waals surface area (Å²) in [5, 5.41) is 18.0. The number of nitriles is 1. The number of benzene rings is 1. The van der Waals surface area contributed by atoms with E-state index in [0.717, 1.165) is 4.31 Å². The first kappa shape index (κ1) is 14.8. The lowest BCUT2D eigenvalue weighted by Gasteiger charge is -2.17. The minimum atomic E-state index is -3.91. The Hall–Kier alpha value is -1.62. The molecule has 1 unspecified atom stereocenters. The SMILES string of the molecule is N#Cc1c(Cl)cccc1S(=O)(=O)N1CCC(C(=O)O)C1. The first-order chi connectivity index (χ1) is 9.37. The van der Waals surface area contributed by atoms with Gasteiger partial charge in [-0.3, -0.25) is 4.79 Å². The van der Waals surface area contributed by atoms with Crippen molar-refractivity contribution >= 4 is 27.6 Å². The molecular formula is C12H11ClN2O4S. The van der Waals surface area contributed by atoms with Crippen molar-refractivity contribution in [2.75, 3.05) is 13.1 Å². The van der Waals surface area contributed by atoms with Gasteiger partial charge in [0.2, 0.25) is 10.0 Å². The summed E-state index contributed by atoms with van der Waals surface area (Å²) in [5.41, 5.74) is -0.118. The number of carbonyl (C=O) groups is 1. The zero-order valence-corrected chi connectivity index (χ0v) is 11.9. The highest BCUT2D eigenvalue weighted by atomic mass is 35.5. The standard InChI is InChI=1S/C12H11ClN2O4S/c13-10-2-1-3-11(9(10)6-14)20(18,19)15-5-4-8(7-15)12(16)17/h1-3,8H,4-5,7H2,(H,16,17). The van der Waals surface area contributed by atoms with Crippen molar-refractivity contribution in [2.45, 2.75) is 11.3 Å². The van der Waals surface area contributed by atoms with Gasteiger partial charge in [-0.2, -0.15) is 9.57 Å². The fraction of sp³-hybridized carbons (Fsp3) is 0.333. The van der Waals surface area contributed by atoms with Crippen molar-refractivity contribution < 1.29 is 18.3 Å². The van der Waals surface area contributed by atoms with Gasteiger partial charge in [-0.05, 0) is 18.6 Å². The first-order valence-electron chi connectivity index (χ1n) is 5.79. The van der Waals surface area contributed by atoms with E-state index in [1.54, 1.807) is 6.07 Å². The first-order valence-corrected chi connectivity index (χ1v) is 7.61. The summed E-state index contributed by atoms with van der Waals surface area (Å²) in [6.07, 6.45) is 0.261. The molecule has 0 amide bonds. The molecule has 6 nitrogen and oxygen atoms in total. The van der Waals surface area contributed by atoms with E-state index in [1.807, 2.05) is 0 Å². The van der Waals surface area contributed by atoms with E-state index in [9.17, 15) is 13.2 Å². The van der Waals surface area contributed by atoms with Crippen LogP contribution in [-0.4, -0.2) is 36.9 Å². The van der Waals surface area contributed by atoms with Gasteiger partial charge >= 0.3 is 5.97 Å². The predicted molar refractivity (Wildman–Crippen MR) is 70.7 cm³/mol. The van der Waals surface area contributed by atoms with Crippen LogP contribution >= 0.6 is 11.6 Å². The Morgan fingerprint density at radius 2 is 2.20 bits per heavy atom. The number of nitrogens with zero attached hydrogens (tertiary/aromatic N) is 2. The van der Waals surface area contributed by atoms with Gasteiger partial charge in [0.15, 0.2) is 0 Å². The van der Waals surface area contributed by atoms with Crippen LogP contribution in [0.15, 0.2) is 23.1 Å². The van der Waals surface area contributed by atoms with Gasteiger partial charge in [0.25, 0.3) is 0 Å². The van der Waals surface area contributed by atoms with Crippen LogP contribution < -0.4 is 0 Å². The van der Waals surface area contributed by atoms with E-state index in [2.05, 4.69) is 0 Å². The van der Waals surface area contributed by atoms with Crippen LogP contribution in [0.4, 0.5) is 0 Å². The van der Waals surface area contributed by atoms with Crippen LogP contribution in [0.2, 0.25) is 5.02 Å². The zero-order chi connectivity index (χ0) is 14.9. The van der Waals surface area contributed by atoms with Crippen molar-refractivity contribution in [3.8, 4) is 6.07 Å². The molecule has 1 fully saturated rings. The van der Waals surface area contributed by atoms with Gasteiger partial charge in [-0.25, -0.2) is 8.42 Å². The van der Waals surface area contributed by atoms with Crippen LogP contribution in [0, 0.1) is 17.2 Å². The van der Waals surface area contributed by atoms with Crippen LogP contribution in [-0.2, 0) is 14.8 Å². The number of sulfonamides is 1. The highest BCUT2D eigenvalue weighted by Gasteiger charge is 2.37.